The Bertz CT molecular complexity index is 679. The predicted octanol–water partition coefficient (Wildman–Crippen LogP) is 4.64. The first kappa shape index (κ1) is 15.8. The van der Waals surface area contributed by atoms with Crippen molar-refractivity contribution >= 4 is 39.2 Å². The Morgan fingerprint density at radius 2 is 2.10 bits per heavy atom. The number of esters is 1. The van der Waals surface area contributed by atoms with Gasteiger partial charge >= 0.3 is 5.97 Å². The summed E-state index contributed by atoms with van der Waals surface area (Å²) < 4.78 is 19.2. The van der Waals surface area contributed by atoms with Gasteiger partial charge in [0.1, 0.15) is 5.82 Å². The van der Waals surface area contributed by atoms with Crippen LogP contribution in [0.15, 0.2) is 40.9 Å². The lowest BCUT2D eigenvalue weighted by Gasteiger charge is -2.10. The minimum Gasteiger partial charge on any atom is -0.465 e. The molecule has 0 saturated heterocycles. The zero-order valence-corrected chi connectivity index (χ0v) is 13.5. The summed E-state index contributed by atoms with van der Waals surface area (Å²) in [6.07, 6.45) is 0. The summed E-state index contributed by atoms with van der Waals surface area (Å²) in [7, 11) is 1.28. The van der Waals surface area contributed by atoms with E-state index in [1.165, 1.54) is 25.3 Å². The molecule has 0 aliphatic carbocycles. The van der Waals surface area contributed by atoms with E-state index in [-0.39, 0.29) is 11.3 Å². The van der Waals surface area contributed by atoms with Crippen LogP contribution in [0.25, 0.3) is 0 Å². The summed E-state index contributed by atoms with van der Waals surface area (Å²) in [5.74, 6) is -0.962. The van der Waals surface area contributed by atoms with Gasteiger partial charge in [-0.25, -0.2) is 9.18 Å². The predicted molar refractivity (Wildman–Crippen MR) is 84.2 cm³/mol. The highest BCUT2D eigenvalue weighted by Crippen LogP contribution is 2.23. The van der Waals surface area contributed by atoms with Gasteiger partial charge in [-0.05, 0) is 35.9 Å². The largest absolute Gasteiger partial charge is 0.465 e. The van der Waals surface area contributed by atoms with E-state index in [1.807, 2.05) is 12.1 Å². The summed E-state index contributed by atoms with van der Waals surface area (Å²) in [6, 6.07) is 9.45. The normalized spacial score (nSPS) is 10.3. The molecule has 0 fully saturated rings. The maximum atomic E-state index is 13.7. The molecule has 1 N–H and O–H groups in total. The first-order valence-corrected chi connectivity index (χ1v) is 7.24. The number of nitrogens with one attached hydrogen (secondary N) is 1. The van der Waals surface area contributed by atoms with Crippen LogP contribution in [0.5, 0.6) is 0 Å². The molecule has 6 heteroatoms. The first-order valence-electron chi connectivity index (χ1n) is 6.07. The number of benzene rings is 2. The third-order valence-corrected chi connectivity index (χ3v) is 3.72. The maximum absolute atomic E-state index is 13.7. The molecule has 2 rings (SSSR count). The quantitative estimate of drug-likeness (QED) is 0.795. The Morgan fingerprint density at radius 3 is 2.76 bits per heavy atom. The highest BCUT2D eigenvalue weighted by atomic mass is 79.9. The molecule has 0 bridgehead atoms. The molecule has 0 unspecified atom stereocenters. The second-order valence-electron chi connectivity index (χ2n) is 4.28. The Hall–Kier alpha value is -1.59. The summed E-state index contributed by atoms with van der Waals surface area (Å²) in [4.78, 5) is 11.4. The van der Waals surface area contributed by atoms with E-state index in [4.69, 9.17) is 11.6 Å². The summed E-state index contributed by atoms with van der Waals surface area (Å²) in [5, 5.41) is 3.50. The minimum atomic E-state index is -0.514. The van der Waals surface area contributed by atoms with Crippen molar-refractivity contribution in [3.05, 3.63) is 62.8 Å². The second-order valence-corrected chi connectivity index (χ2v) is 5.60. The average molecular weight is 373 g/mol. The van der Waals surface area contributed by atoms with E-state index in [0.29, 0.717) is 11.6 Å². The van der Waals surface area contributed by atoms with Gasteiger partial charge in [-0.3, -0.25) is 0 Å². The molecule has 0 heterocycles. The summed E-state index contributed by atoms with van der Waals surface area (Å²) in [6.45, 7) is 0.341. The molecule has 0 aliphatic heterocycles. The van der Waals surface area contributed by atoms with Crippen molar-refractivity contribution in [3.63, 3.8) is 0 Å². The van der Waals surface area contributed by atoms with Crippen LogP contribution in [0, 0.1) is 5.82 Å². The number of hydrogen-bond donors (Lipinski definition) is 1. The molecule has 21 heavy (non-hydrogen) atoms. The van der Waals surface area contributed by atoms with E-state index >= 15 is 0 Å². The maximum Gasteiger partial charge on any atom is 0.337 e. The van der Waals surface area contributed by atoms with Gasteiger partial charge in [0.15, 0.2) is 0 Å². The summed E-state index contributed by atoms with van der Waals surface area (Å²) >= 11 is 9.42. The fourth-order valence-corrected chi connectivity index (χ4v) is 2.50. The Labute approximate surface area is 135 Å². The van der Waals surface area contributed by atoms with Crippen molar-refractivity contribution in [1.82, 2.24) is 0 Å². The van der Waals surface area contributed by atoms with Gasteiger partial charge in [-0.2, -0.15) is 0 Å². The number of carbonyl (C=O) groups excluding carboxylic acids is 1. The minimum absolute atomic E-state index is 0.219. The van der Waals surface area contributed by atoms with E-state index < -0.39 is 11.8 Å². The Kier molecular flexibility index (Phi) is 5.20. The average Bonchev–Trinajstić information content (AvgIpc) is 2.47. The molecule has 2 aromatic carbocycles. The van der Waals surface area contributed by atoms with Crippen LogP contribution in [-0.4, -0.2) is 13.1 Å². The smallest absolute Gasteiger partial charge is 0.337 e. The molecule has 3 nitrogen and oxygen atoms in total. The van der Waals surface area contributed by atoms with Gasteiger partial charge < -0.3 is 10.1 Å². The van der Waals surface area contributed by atoms with Crippen LogP contribution >= 0.6 is 27.5 Å². The Balaban J connectivity index is 2.17. The van der Waals surface area contributed by atoms with Gasteiger partial charge in [0.05, 0.1) is 18.4 Å². The highest BCUT2D eigenvalue weighted by molar-refractivity contribution is 9.10. The number of hydrogen-bond acceptors (Lipinski definition) is 3. The van der Waals surface area contributed by atoms with Crippen molar-refractivity contribution in [3.8, 4) is 0 Å². The van der Waals surface area contributed by atoms with Gasteiger partial charge in [0, 0.05) is 16.0 Å². The molecule has 0 aromatic heterocycles. The second kappa shape index (κ2) is 6.91. The van der Waals surface area contributed by atoms with Crippen LogP contribution < -0.4 is 5.32 Å². The van der Waals surface area contributed by atoms with Gasteiger partial charge in [0.25, 0.3) is 0 Å². The van der Waals surface area contributed by atoms with Crippen LogP contribution in [0.1, 0.15) is 15.9 Å². The van der Waals surface area contributed by atoms with Crippen LogP contribution in [-0.2, 0) is 11.3 Å². The lowest BCUT2D eigenvalue weighted by atomic mass is 10.1. The molecular formula is C15H12BrClFNO2. The standard InChI is InChI=1S/C15H12BrClFNO2/c1-21-15(20)9-3-5-13(18)14(6-9)19-8-10-2-4-11(16)7-12(10)17/h2-7,19H,8H2,1H3. The first-order chi connectivity index (χ1) is 10.0. The lowest BCUT2D eigenvalue weighted by molar-refractivity contribution is 0.0600. The molecule has 2 aromatic rings. The lowest BCUT2D eigenvalue weighted by Crippen LogP contribution is -2.06. The van der Waals surface area contributed by atoms with Gasteiger partial charge in [-0.15, -0.1) is 0 Å². The number of rotatable bonds is 4. The topological polar surface area (TPSA) is 38.3 Å². The SMILES string of the molecule is COC(=O)c1ccc(F)c(NCc2ccc(Br)cc2Cl)c1. The van der Waals surface area contributed by atoms with Crippen LogP contribution in [0.2, 0.25) is 5.02 Å². The van der Waals surface area contributed by atoms with Crippen molar-refractivity contribution in [1.29, 1.82) is 0 Å². The zero-order valence-electron chi connectivity index (χ0n) is 11.1. The van der Waals surface area contributed by atoms with Crippen molar-refractivity contribution in [2.75, 3.05) is 12.4 Å². The molecule has 0 amide bonds. The van der Waals surface area contributed by atoms with Crippen molar-refractivity contribution < 1.29 is 13.9 Å². The monoisotopic (exact) mass is 371 g/mol. The number of methoxy groups -OCH3 is 1. The highest BCUT2D eigenvalue weighted by Gasteiger charge is 2.10. The zero-order chi connectivity index (χ0) is 15.4. The molecular weight excluding hydrogens is 361 g/mol. The van der Waals surface area contributed by atoms with Gasteiger partial charge in [0.2, 0.25) is 0 Å². The van der Waals surface area contributed by atoms with Crippen LogP contribution in [0.3, 0.4) is 0 Å². The van der Waals surface area contributed by atoms with Crippen molar-refractivity contribution in [2.45, 2.75) is 6.54 Å². The number of anilines is 1. The van der Waals surface area contributed by atoms with E-state index in [1.54, 1.807) is 6.07 Å². The van der Waals surface area contributed by atoms with Crippen molar-refractivity contribution in [2.24, 2.45) is 0 Å². The number of halogens is 3. The molecule has 0 saturated carbocycles. The Morgan fingerprint density at radius 1 is 1.33 bits per heavy atom. The fraction of sp³-hybridized carbons (Fsp3) is 0.133. The molecule has 0 radical (unpaired) electrons. The third-order valence-electron chi connectivity index (χ3n) is 2.87. The van der Waals surface area contributed by atoms with Gasteiger partial charge in [-0.1, -0.05) is 33.6 Å². The van der Waals surface area contributed by atoms with E-state index in [9.17, 15) is 9.18 Å². The number of carbonyl (C=O) groups is 1. The molecule has 0 spiro atoms. The fourth-order valence-electron chi connectivity index (χ4n) is 1.76. The van der Waals surface area contributed by atoms with Crippen LogP contribution in [0.4, 0.5) is 10.1 Å². The van der Waals surface area contributed by atoms with E-state index in [0.717, 1.165) is 10.0 Å². The molecule has 110 valence electrons. The third kappa shape index (κ3) is 3.95. The molecule has 0 aliphatic rings. The van der Waals surface area contributed by atoms with E-state index in [2.05, 4.69) is 26.0 Å². The molecule has 0 atom stereocenters. The number of ether oxygens (including phenoxy) is 1. The summed E-state index contributed by atoms with van der Waals surface area (Å²) in [5.41, 5.74) is 1.32.